The summed E-state index contributed by atoms with van der Waals surface area (Å²) < 4.78 is 13.7. The molecule has 0 radical (unpaired) electrons. The molecule has 1 aliphatic carbocycles. The first-order chi connectivity index (χ1) is 16.4. The van der Waals surface area contributed by atoms with Gasteiger partial charge in [-0.3, -0.25) is 4.57 Å². The molecule has 0 unspecified atom stereocenters. The second-order valence-corrected chi connectivity index (χ2v) is 9.65. The number of nitrogens with two attached hydrogens (primary N) is 1. The van der Waals surface area contributed by atoms with E-state index >= 15 is 0 Å². The van der Waals surface area contributed by atoms with Crippen molar-refractivity contribution < 1.29 is 14.6 Å². The highest BCUT2D eigenvalue weighted by atomic mass is 16.5. The van der Waals surface area contributed by atoms with Gasteiger partial charge in [0.25, 0.3) is 0 Å². The van der Waals surface area contributed by atoms with Crippen LogP contribution in [0.15, 0.2) is 72.8 Å². The maximum absolute atomic E-state index is 10.2. The summed E-state index contributed by atoms with van der Waals surface area (Å²) in [6, 6.07) is 24.3. The Morgan fingerprint density at radius 1 is 1.00 bits per heavy atom. The minimum atomic E-state index is -0.689. The number of benzene rings is 3. The largest absolute Gasteiger partial charge is 0.497 e. The smallest absolute Gasteiger partial charge is 0.167 e. The molecule has 0 amide bonds. The molecule has 3 aromatic carbocycles. The highest BCUT2D eigenvalue weighted by molar-refractivity contribution is 5.84. The van der Waals surface area contributed by atoms with Crippen molar-refractivity contribution in [1.82, 2.24) is 9.55 Å². The Labute approximate surface area is 198 Å². The lowest BCUT2D eigenvalue weighted by Gasteiger charge is -2.49. The van der Waals surface area contributed by atoms with Gasteiger partial charge in [-0.2, -0.15) is 0 Å². The quantitative estimate of drug-likeness (QED) is 0.457. The molecule has 3 N–H and O–H groups in total. The average molecular weight is 454 g/mol. The number of hydrogen-bond donors (Lipinski definition) is 2. The van der Waals surface area contributed by atoms with Crippen molar-refractivity contribution in [2.75, 3.05) is 7.11 Å². The molecule has 1 aliphatic heterocycles. The Balaban J connectivity index is 1.48. The van der Waals surface area contributed by atoms with E-state index in [0.717, 1.165) is 51.0 Å². The van der Waals surface area contributed by atoms with E-state index in [1.54, 1.807) is 7.11 Å². The van der Waals surface area contributed by atoms with Gasteiger partial charge in [-0.25, -0.2) is 4.98 Å². The summed E-state index contributed by atoms with van der Waals surface area (Å²) in [5.74, 6) is 2.40. The van der Waals surface area contributed by atoms with Gasteiger partial charge < -0.3 is 20.3 Å². The van der Waals surface area contributed by atoms with Crippen molar-refractivity contribution in [3.8, 4) is 45.4 Å². The van der Waals surface area contributed by atoms with Crippen LogP contribution in [-0.4, -0.2) is 27.4 Å². The topological polar surface area (TPSA) is 82.5 Å². The summed E-state index contributed by atoms with van der Waals surface area (Å²) >= 11 is 0. The summed E-state index contributed by atoms with van der Waals surface area (Å²) in [4.78, 5) is 5.12. The van der Waals surface area contributed by atoms with Crippen LogP contribution >= 0.6 is 0 Å². The zero-order chi connectivity index (χ0) is 23.5. The van der Waals surface area contributed by atoms with Crippen LogP contribution in [0.2, 0.25) is 0 Å². The minimum absolute atomic E-state index is 0.380. The highest BCUT2D eigenvalue weighted by Gasteiger charge is 2.49. The van der Waals surface area contributed by atoms with Gasteiger partial charge in [0, 0.05) is 16.7 Å². The Hall–Kier alpha value is -3.61. The molecular formula is C28H27N3O3. The Morgan fingerprint density at radius 3 is 2.41 bits per heavy atom. The number of ether oxygens (including phenoxy) is 2. The van der Waals surface area contributed by atoms with Crippen LogP contribution in [0, 0.1) is 0 Å². The molecule has 2 heterocycles. The molecule has 4 aromatic rings. The molecule has 1 aromatic heterocycles. The zero-order valence-electron chi connectivity index (χ0n) is 19.3. The number of aromatic nitrogens is 2. The number of imidazole rings is 1. The highest BCUT2D eigenvalue weighted by Crippen LogP contribution is 2.47. The van der Waals surface area contributed by atoms with Gasteiger partial charge in [0.2, 0.25) is 0 Å². The third kappa shape index (κ3) is 3.30. The third-order valence-electron chi connectivity index (χ3n) is 6.92. The van der Waals surface area contributed by atoms with Crippen LogP contribution < -0.4 is 15.2 Å². The molecule has 6 nitrogen and oxygen atoms in total. The average Bonchev–Trinajstić information content (AvgIpc) is 3.23. The first-order valence-electron chi connectivity index (χ1n) is 11.5. The summed E-state index contributed by atoms with van der Waals surface area (Å²) in [7, 11) is 1.66. The molecule has 1 saturated carbocycles. The van der Waals surface area contributed by atoms with E-state index in [1.807, 2.05) is 43.3 Å². The normalized spacial score (nSPS) is 22.8. The predicted octanol–water partition coefficient (Wildman–Crippen LogP) is 4.94. The fourth-order valence-electron chi connectivity index (χ4n) is 5.42. The molecule has 0 bridgehead atoms. The molecule has 34 heavy (non-hydrogen) atoms. The number of nitrogens with zero attached hydrogens (tertiary/aromatic N) is 2. The Bertz CT molecular complexity index is 1370. The SMILES string of the molecule is COc1ccc2c(c1)-c1nc(-c3ccc(C4(N)CC(C)(O)C4)cc3)c(-c3ccccc3)n1CO2. The fourth-order valence-corrected chi connectivity index (χ4v) is 5.42. The standard InChI is InChI=1S/C28H27N3O3/c1-27(32)15-28(29,16-27)20-10-8-18(9-11-20)24-25(19-6-4-3-5-7-19)31-17-34-23-13-12-21(33-2)14-22(23)26(31)30-24/h3-14,32H,15-17,29H2,1-2H3. The number of rotatable bonds is 4. The second-order valence-electron chi connectivity index (χ2n) is 9.65. The van der Waals surface area contributed by atoms with Crippen LogP contribution in [0.25, 0.3) is 33.9 Å². The number of fused-ring (bicyclic) bond motifs is 3. The summed E-state index contributed by atoms with van der Waals surface area (Å²) in [5.41, 5.74) is 11.3. The lowest BCUT2D eigenvalue weighted by Crippen LogP contribution is -2.58. The number of aliphatic hydroxyl groups is 1. The van der Waals surface area contributed by atoms with Crippen molar-refractivity contribution in [2.24, 2.45) is 5.73 Å². The number of methoxy groups -OCH3 is 1. The summed E-state index contributed by atoms with van der Waals surface area (Å²) in [5, 5.41) is 10.2. The lowest BCUT2D eigenvalue weighted by molar-refractivity contribution is -0.0738. The van der Waals surface area contributed by atoms with E-state index in [2.05, 4.69) is 41.0 Å². The molecule has 6 rings (SSSR count). The fraction of sp³-hybridized carbons (Fsp3) is 0.250. The Kier molecular flexibility index (Phi) is 4.59. The van der Waals surface area contributed by atoms with Crippen molar-refractivity contribution in [2.45, 2.75) is 37.6 Å². The first kappa shape index (κ1) is 21.0. The van der Waals surface area contributed by atoms with Gasteiger partial charge in [0.1, 0.15) is 17.3 Å². The van der Waals surface area contributed by atoms with Gasteiger partial charge in [-0.1, -0.05) is 54.6 Å². The zero-order valence-corrected chi connectivity index (χ0v) is 19.3. The molecule has 0 atom stereocenters. The van der Waals surface area contributed by atoms with Crippen molar-refractivity contribution in [1.29, 1.82) is 0 Å². The second kappa shape index (κ2) is 7.45. The van der Waals surface area contributed by atoms with E-state index in [1.165, 1.54) is 0 Å². The van der Waals surface area contributed by atoms with Gasteiger partial charge in [-0.15, -0.1) is 0 Å². The maximum Gasteiger partial charge on any atom is 0.167 e. The van der Waals surface area contributed by atoms with E-state index in [4.69, 9.17) is 20.2 Å². The van der Waals surface area contributed by atoms with Crippen LogP contribution in [0.4, 0.5) is 0 Å². The summed E-state index contributed by atoms with van der Waals surface area (Å²) in [6.45, 7) is 2.22. The lowest BCUT2D eigenvalue weighted by atomic mass is 9.63. The van der Waals surface area contributed by atoms with Crippen LogP contribution in [0.5, 0.6) is 11.5 Å². The van der Waals surface area contributed by atoms with E-state index < -0.39 is 11.1 Å². The molecule has 6 heteroatoms. The summed E-state index contributed by atoms with van der Waals surface area (Å²) in [6.07, 6.45) is 1.12. The van der Waals surface area contributed by atoms with Gasteiger partial charge in [0.15, 0.2) is 6.73 Å². The van der Waals surface area contributed by atoms with Gasteiger partial charge >= 0.3 is 0 Å². The van der Waals surface area contributed by atoms with E-state index in [9.17, 15) is 5.11 Å². The van der Waals surface area contributed by atoms with Crippen LogP contribution in [-0.2, 0) is 12.3 Å². The Morgan fingerprint density at radius 2 is 1.74 bits per heavy atom. The molecule has 1 fully saturated rings. The maximum atomic E-state index is 10.2. The van der Waals surface area contributed by atoms with E-state index in [-0.39, 0.29) is 0 Å². The van der Waals surface area contributed by atoms with Crippen LogP contribution in [0.1, 0.15) is 25.3 Å². The first-order valence-corrected chi connectivity index (χ1v) is 11.5. The molecule has 0 saturated heterocycles. The van der Waals surface area contributed by atoms with E-state index in [0.29, 0.717) is 19.6 Å². The van der Waals surface area contributed by atoms with Gasteiger partial charge in [-0.05, 0) is 43.5 Å². The molecule has 0 spiro atoms. The van der Waals surface area contributed by atoms with Crippen molar-refractivity contribution in [3.05, 3.63) is 78.4 Å². The van der Waals surface area contributed by atoms with Gasteiger partial charge in [0.05, 0.1) is 29.7 Å². The van der Waals surface area contributed by atoms with Crippen molar-refractivity contribution >= 4 is 0 Å². The molecule has 2 aliphatic rings. The monoisotopic (exact) mass is 453 g/mol. The third-order valence-corrected chi connectivity index (χ3v) is 6.92. The predicted molar refractivity (Wildman–Crippen MR) is 131 cm³/mol. The molecular weight excluding hydrogens is 426 g/mol. The minimum Gasteiger partial charge on any atom is -0.497 e. The van der Waals surface area contributed by atoms with Crippen molar-refractivity contribution in [3.63, 3.8) is 0 Å². The molecule has 172 valence electrons. The van der Waals surface area contributed by atoms with Crippen LogP contribution in [0.3, 0.4) is 0 Å². The number of hydrogen-bond acceptors (Lipinski definition) is 5.